The van der Waals surface area contributed by atoms with Crippen LogP contribution in [-0.2, 0) is 6.54 Å². The average molecular weight is 326 g/mol. The summed E-state index contributed by atoms with van der Waals surface area (Å²) >= 11 is 1.66. The van der Waals surface area contributed by atoms with Gasteiger partial charge in [0, 0.05) is 32.7 Å². The molecule has 0 atom stereocenters. The van der Waals surface area contributed by atoms with E-state index in [4.69, 9.17) is 0 Å². The lowest BCUT2D eigenvalue weighted by Crippen LogP contribution is -2.46. The number of anilines is 1. The molecule has 5 nitrogen and oxygen atoms in total. The second-order valence-electron chi connectivity index (χ2n) is 5.77. The Bertz CT molecular complexity index is 811. The number of aromatic nitrogens is 2. The zero-order valence-electron chi connectivity index (χ0n) is 12.7. The van der Waals surface area contributed by atoms with Gasteiger partial charge in [-0.25, -0.2) is 9.97 Å². The fourth-order valence-electron chi connectivity index (χ4n) is 3.06. The van der Waals surface area contributed by atoms with E-state index < -0.39 is 0 Å². The Morgan fingerprint density at radius 1 is 1.09 bits per heavy atom. The van der Waals surface area contributed by atoms with E-state index in [0.717, 1.165) is 54.3 Å². The number of rotatable bonds is 3. The molecule has 1 aliphatic rings. The van der Waals surface area contributed by atoms with Gasteiger partial charge in [-0.3, -0.25) is 4.90 Å². The smallest absolute Gasteiger partial charge is 0.140 e. The first kappa shape index (κ1) is 14.4. The Morgan fingerprint density at radius 3 is 2.78 bits per heavy atom. The summed E-state index contributed by atoms with van der Waals surface area (Å²) in [4.78, 5) is 14.6. The quantitative estimate of drug-likeness (QED) is 0.802. The van der Waals surface area contributed by atoms with E-state index in [1.165, 1.54) is 0 Å². The minimum atomic E-state index is 0.335. The van der Waals surface area contributed by atoms with Gasteiger partial charge in [0.15, 0.2) is 0 Å². The summed E-state index contributed by atoms with van der Waals surface area (Å²) in [6.45, 7) is 4.78. The highest BCUT2D eigenvalue weighted by Gasteiger charge is 2.20. The minimum absolute atomic E-state index is 0.335. The van der Waals surface area contributed by atoms with Crippen molar-refractivity contribution >= 4 is 27.4 Å². The number of hydrogen-bond acceptors (Lipinski definition) is 6. The Labute approximate surface area is 138 Å². The molecule has 4 rings (SSSR count). The van der Waals surface area contributed by atoms with Crippen molar-refractivity contribution in [2.24, 2.45) is 0 Å². The zero-order chi connectivity index (χ0) is 15.6. The largest absolute Gasteiger partial charge is 0.508 e. The highest BCUT2D eigenvalue weighted by molar-refractivity contribution is 7.16. The molecule has 0 amide bonds. The molecule has 3 aromatic rings. The molecule has 0 saturated carbocycles. The molecule has 0 spiro atoms. The van der Waals surface area contributed by atoms with Crippen molar-refractivity contribution in [3.8, 4) is 5.75 Å². The SMILES string of the molecule is Oc1cccc(CN2CCN(c3ncnc4sccc34)CC2)c1. The van der Waals surface area contributed by atoms with Crippen LogP contribution in [0.4, 0.5) is 5.82 Å². The molecule has 3 heterocycles. The van der Waals surface area contributed by atoms with Crippen molar-refractivity contribution in [2.75, 3.05) is 31.1 Å². The molecule has 0 aliphatic carbocycles. The highest BCUT2D eigenvalue weighted by Crippen LogP contribution is 2.27. The second-order valence-corrected chi connectivity index (χ2v) is 6.66. The lowest BCUT2D eigenvalue weighted by Gasteiger charge is -2.35. The number of phenolic OH excluding ortho intramolecular Hbond substituents is 1. The standard InChI is InChI=1S/C17H18N4OS/c22-14-3-1-2-13(10-14)11-20-5-7-21(8-6-20)16-15-4-9-23-17(15)19-12-18-16/h1-4,9-10,12,22H,5-8,11H2. The van der Waals surface area contributed by atoms with Crippen molar-refractivity contribution < 1.29 is 5.11 Å². The molecule has 1 aromatic carbocycles. The van der Waals surface area contributed by atoms with Gasteiger partial charge in [0.1, 0.15) is 22.7 Å². The van der Waals surface area contributed by atoms with Crippen LogP contribution in [0.25, 0.3) is 10.2 Å². The third-order valence-electron chi connectivity index (χ3n) is 4.23. The van der Waals surface area contributed by atoms with Crippen molar-refractivity contribution in [1.29, 1.82) is 0 Å². The number of piperazine rings is 1. The van der Waals surface area contributed by atoms with Crippen molar-refractivity contribution in [2.45, 2.75) is 6.54 Å². The molecule has 6 heteroatoms. The van der Waals surface area contributed by atoms with Crippen LogP contribution in [0.2, 0.25) is 0 Å². The first-order chi connectivity index (χ1) is 11.3. The summed E-state index contributed by atoms with van der Waals surface area (Å²) in [6.07, 6.45) is 1.66. The zero-order valence-corrected chi connectivity index (χ0v) is 13.5. The second kappa shape index (κ2) is 6.14. The van der Waals surface area contributed by atoms with Crippen LogP contribution in [0.1, 0.15) is 5.56 Å². The molecule has 118 valence electrons. The van der Waals surface area contributed by atoms with Gasteiger partial charge in [-0.05, 0) is 29.1 Å². The molecule has 1 N–H and O–H groups in total. The number of hydrogen-bond donors (Lipinski definition) is 1. The van der Waals surface area contributed by atoms with E-state index in [2.05, 4.69) is 37.3 Å². The molecule has 1 fully saturated rings. The number of aromatic hydroxyl groups is 1. The topological polar surface area (TPSA) is 52.5 Å². The molecule has 0 bridgehead atoms. The fourth-order valence-corrected chi connectivity index (χ4v) is 3.79. The van der Waals surface area contributed by atoms with E-state index in [0.29, 0.717) is 5.75 Å². The van der Waals surface area contributed by atoms with Crippen molar-refractivity contribution in [1.82, 2.24) is 14.9 Å². The van der Waals surface area contributed by atoms with Crippen LogP contribution < -0.4 is 4.90 Å². The summed E-state index contributed by atoms with van der Waals surface area (Å²) < 4.78 is 0. The summed E-state index contributed by atoms with van der Waals surface area (Å²) in [5, 5.41) is 12.8. The molecule has 0 unspecified atom stereocenters. The van der Waals surface area contributed by atoms with Crippen LogP contribution in [0.5, 0.6) is 5.75 Å². The lowest BCUT2D eigenvalue weighted by atomic mass is 10.2. The number of benzene rings is 1. The third kappa shape index (κ3) is 3.00. The summed E-state index contributed by atoms with van der Waals surface area (Å²) in [5.41, 5.74) is 1.15. The van der Waals surface area contributed by atoms with E-state index in [-0.39, 0.29) is 0 Å². The Balaban J connectivity index is 1.44. The van der Waals surface area contributed by atoms with Crippen molar-refractivity contribution in [3.05, 3.63) is 47.6 Å². The van der Waals surface area contributed by atoms with Gasteiger partial charge in [-0.15, -0.1) is 11.3 Å². The number of fused-ring (bicyclic) bond motifs is 1. The maximum Gasteiger partial charge on any atom is 0.140 e. The Morgan fingerprint density at radius 2 is 1.96 bits per heavy atom. The van der Waals surface area contributed by atoms with E-state index in [1.807, 2.05) is 12.1 Å². The normalized spacial score (nSPS) is 16.1. The highest BCUT2D eigenvalue weighted by atomic mass is 32.1. The van der Waals surface area contributed by atoms with Gasteiger partial charge in [-0.1, -0.05) is 12.1 Å². The predicted octanol–water partition coefficient (Wildman–Crippen LogP) is 2.72. The number of thiophene rings is 1. The van der Waals surface area contributed by atoms with Gasteiger partial charge in [-0.2, -0.15) is 0 Å². The first-order valence-electron chi connectivity index (χ1n) is 7.73. The molecule has 0 radical (unpaired) electrons. The molecule has 1 saturated heterocycles. The number of phenols is 1. The molecule has 23 heavy (non-hydrogen) atoms. The maximum atomic E-state index is 9.57. The molecule has 2 aromatic heterocycles. The summed E-state index contributed by atoms with van der Waals surface area (Å²) in [5.74, 6) is 1.38. The summed E-state index contributed by atoms with van der Waals surface area (Å²) in [7, 11) is 0. The van der Waals surface area contributed by atoms with E-state index in [1.54, 1.807) is 23.7 Å². The molecular formula is C17H18N4OS. The minimum Gasteiger partial charge on any atom is -0.508 e. The monoisotopic (exact) mass is 326 g/mol. The van der Waals surface area contributed by atoms with E-state index in [9.17, 15) is 5.11 Å². The van der Waals surface area contributed by atoms with Crippen molar-refractivity contribution in [3.63, 3.8) is 0 Å². The van der Waals surface area contributed by atoms with Crippen LogP contribution in [-0.4, -0.2) is 46.2 Å². The van der Waals surface area contributed by atoms with Crippen LogP contribution in [0.3, 0.4) is 0 Å². The molecule has 1 aliphatic heterocycles. The lowest BCUT2D eigenvalue weighted by molar-refractivity contribution is 0.249. The average Bonchev–Trinajstić information content (AvgIpc) is 3.04. The number of nitrogens with zero attached hydrogens (tertiary/aromatic N) is 4. The Kier molecular flexibility index (Phi) is 3.85. The molecular weight excluding hydrogens is 308 g/mol. The van der Waals surface area contributed by atoms with Gasteiger partial charge in [0.2, 0.25) is 0 Å². The maximum absolute atomic E-state index is 9.57. The van der Waals surface area contributed by atoms with Crippen LogP contribution in [0, 0.1) is 0 Å². The summed E-state index contributed by atoms with van der Waals surface area (Å²) in [6, 6.07) is 9.61. The van der Waals surface area contributed by atoms with Gasteiger partial charge >= 0.3 is 0 Å². The fraction of sp³-hybridized carbons (Fsp3) is 0.294. The van der Waals surface area contributed by atoms with E-state index >= 15 is 0 Å². The predicted molar refractivity (Wildman–Crippen MR) is 93.0 cm³/mol. The van der Waals surface area contributed by atoms with Gasteiger partial charge in [0.05, 0.1) is 5.39 Å². The third-order valence-corrected chi connectivity index (χ3v) is 5.05. The van der Waals surface area contributed by atoms with Crippen LogP contribution >= 0.6 is 11.3 Å². The van der Waals surface area contributed by atoms with Gasteiger partial charge in [0.25, 0.3) is 0 Å². The van der Waals surface area contributed by atoms with Gasteiger partial charge < -0.3 is 10.0 Å². The van der Waals surface area contributed by atoms with Crippen LogP contribution in [0.15, 0.2) is 42.0 Å². The Hall–Kier alpha value is -2.18. The first-order valence-corrected chi connectivity index (χ1v) is 8.61.